The second kappa shape index (κ2) is 6.71. The van der Waals surface area contributed by atoms with Gasteiger partial charge < -0.3 is 5.32 Å². The van der Waals surface area contributed by atoms with Crippen molar-refractivity contribution in [2.75, 3.05) is 6.26 Å². The van der Waals surface area contributed by atoms with Crippen LogP contribution in [-0.4, -0.2) is 23.5 Å². The molecule has 2 rings (SSSR count). The number of hydrogen-bond donors (Lipinski definition) is 2. The maximum atomic E-state index is 12.3. The zero-order chi connectivity index (χ0) is 13.8. The van der Waals surface area contributed by atoms with Gasteiger partial charge in [-0.05, 0) is 56.6 Å². The van der Waals surface area contributed by atoms with Crippen LogP contribution in [0.1, 0.15) is 41.6 Å². The van der Waals surface area contributed by atoms with E-state index in [1.54, 1.807) is 0 Å². The van der Waals surface area contributed by atoms with Crippen molar-refractivity contribution in [3.8, 4) is 0 Å². The summed E-state index contributed by atoms with van der Waals surface area (Å²) in [6.07, 6.45) is 6.77. The van der Waals surface area contributed by atoms with Crippen molar-refractivity contribution in [2.45, 2.75) is 48.8 Å². The summed E-state index contributed by atoms with van der Waals surface area (Å²) < 4.78 is 0. The lowest BCUT2D eigenvalue weighted by Gasteiger charge is -2.28. The number of rotatable bonds is 3. The third kappa shape index (κ3) is 3.93. The topological polar surface area (TPSA) is 29.1 Å². The smallest absolute Gasteiger partial charge is 0.251 e. The van der Waals surface area contributed by atoms with E-state index < -0.39 is 0 Å². The SMILES string of the molecule is CSC1CCC(NC(=O)c2cc(S)ccc2C)CC1. The molecular weight excluding hydrogens is 274 g/mol. The molecule has 4 heteroatoms. The van der Waals surface area contributed by atoms with E-state index in [0.717, 1.165) is 34.1 Å². The van der Waals surface area contributed by atoms with Crippen LogP contribution in [0.4, 0.5) is 0 Å². The fraction of sp³-hybridized carbons (Fsp3) is 0.533. The molecule has 19 heavy (non-hydrogen) atoms. The highest BCUT2D eigenvalue weighted by atomic mass is 32.2. The molecule has 0 saturated heterocycles. The minimum Gasteiger partial charge on any atom is -0.349 e. The van der Waals surface area contributed by atoms with Gasteiger partial charge in [-0.15, -0.1) is 12.6 Å². The number of hydrogen-bond acceptors (Lipinski definition) is 3. The Labute approximate surface area is 125 Å². The number of aryl methyl sites for hydroxylation is 1. The number of thioether (sulfide) groups is 1. The Kier molecular flexibility index (Phi) is 5.22. The zero-order valence-electron chi connectivity index (χ0n) is 11.5. The van der Waals surface area contributed by atoms with Crippen LogP contribution in [0.25, 0.3) is 0 Å². The molecule has 1 aliphatic carbocycles. The normalized spacial score (nSPS) is 23.1. The van der Waals surface area contributed by atoms with Gasteiger partial charge in [0.15, 0.2) is 0 Å². The van der Waals surface area contributed by atoms with E-state index in [-0.39, 0.29) is 5.91 Å². The van der Waals surface area contributed by atoms with Crippen LogP contribution in [0, 0.1) is 6.92 Å². The molecule has 0 aromatic heterocycles. The predicted octanol–water partition coefficient (Wildman–Crippen LogP) is 3.69. The van der Waals surface area contributed by atoms with Crippen LogP contribution >= 0.6 is 24.4 Å². The Balaban J connectivity index is 1.96. The first kappa shape index (κ1) is 14.8. The Bertz CT molecular complexity index is 453. The summed E-state index contributed by atoms with van der Waals surface area (Å²) in [4.78, 5) is 13.1. The highest BCUT2D eigenvalue weighted by Gasteiger charge is 2.22. The average molecular weight is 295 g/mol. The molecule has 1 fully saturated rings. The van der Waals surface area contributed by atoms with E-state index in [2.05, 4.69) is 24.2 Å². The van der Waals surface area contributed by atoms with Gasteiger partial charge in [-0.2, -0.15) is 11.8 Å². The molecular formula is C15H21NOS2. The number of thiol groups is 1. The minimum absolute atomic E-state index is 0.0426. The molecule has 0 bridgehead atoms. The first-order valence-corrected chi connectivity index (χ1v) is 8.47. The summed E-state index contributed by atoms with van der Waals surface area (Å²) in [6.45, 7) is 1.97. The molecule has 0 atom stereocenters. The van der Waals surface area contributed by atoms with Gasteiger partial charge in [-0.1, -0.05) is 6.07 Å². The number of carbonyl (C=O) groups is 1. The van der Waals surface area contributed by atoms with Gasteiger partial charge in [-0.3, -0.25) is 4.79 Å². The van der Waals surface area contributed by atoms with E-state index in [4.69, 9.17) is 0 Å². The monoisotopic (exact) mass is 295 g/mol. The average Bonchev–Trinajstić information content (AvgIpc) is 2.42. The van der Waals surface area contributed by atoms with E-state index >= 15 is 0 Å². The molecule has 0 spiro atoms. The van der Waals surface area contributed by atoms with E-state index in [1.165, 1.54) is 12.8 Å². The van der Waals surface area contributed by atoms with Crippen molar-refractivity contribution in [3.63, 3.8) is 0 Å². The summed E-state index contributed by atoms with van der Waals surface area (Å²) in [6, 6.07) is 6.04. The molecule has 1 aliphatic rings. The molecule has 1 aromatic rings. The molecule has 1 amide bonds. The molecule has 0 aliphatic heterocycles. The van der Waals surface area contributed by atoms with Gasteiger partial charge in [-0.25, -0.2) is 0 Å². The number of amides is 1. The lowest BCUT2D eigenvalue weighted by Crippen LogP contribution is -2.38. The molecule has 0 radical (unpaired) electrons. The number of carbonyl (C=O) groups excluding carboxylic acids is 1. The molecule has 1 N–H and O–H groups in total. The Morgan fingerprint density at radius 3 is 2.63 bits per heavy atom. The second-order valence-electron chi connectivity index (χ2n) is 5.18. The molecule has 104 valence electrons. The largest absolute Gasteiger partial charge is 0.349 e. The van der Waals surface area contributed by atoms with E-state index in [1.807, 2.05) is 36.9 Å². The fourth-order valence-electron chi connectivity index (χ4n) is 2.56. The maximum Gasteiger partial charge on any atom is 0.251 e. The van der Waals surface area contributed by atoms with E-state index in [9.17, 15) is 4.79 Å². The highest BCUT2D eigenvalue weighted by molar-refractivity contribution is 7.99. The van der Waals surface area contributed by atoms with Crippen molar-refractivity contribution >= 4 is 30.3 Å². The third-order valence-electron chi connectivity index (χ3n) is 3.81. The van der Waals surface area contributed by atoms with Crippen LogP contribution < -0.4 is 5.32 Å². The van der Waals surface area contributed by atoms with Gasteiger partial charge in [0.2, 0.25) is 0 Å². The summed E-state index contributed by atoms with van der Waals surface area (Å²) in [7, 11) is 0. The van der Waals surface area contributed by atoms with Crippen LogP contribution in [0.2, 0.25) is 0 Å². The summed E-state index contributed by atoms with van der Waals surface area (Å²) in [5, 5.41) is 3.94. The van der Waals surface area contributed by atoms with Gasteiger partial charge >= 0.3 is 0 Å². The third-order valence-corrected chi connectivity index (χ3v) is 5.22. The maximum absolute atomic E-state index is 12.3. The summed E-state index contributed by atoms with van der Waals surface area (Å²) in [5.41, 5.74) is 1.76. The quantitative estimate of drug-likeness (QED) is 0.833. The molecule has 1 saturated carbocycles. The van der Waals surface area contributed by atoms with Gasteiger partial charge in [0.25, 0.3) is 5.91 Å². The summed E-state index contributed by atoms with van der Waals surface area (Å²) in [5.74, 6) is 0.0426. The van der Waals surface area contributed by atoms with Crippen molar-refractivity contribution in [1.82, 2.24) is 5.32 Å². The van der Waals surface area contributed by atoms with Crippen molar-refractivity contribution in [2.24, 2.45) is 0 Å². The Morgan fingerprint density at radius 1 is 1.32 bits per heavy atom. The van der Waals surface area contributed by atoms with Gasteiger partial charge in [0, 0.05) is 21.8 Å². The predicted molar refractivity (Wildman–Crippen MR) is 85.5 cm³/mol. The van der Waals surface area contributed by atoms with E-state index in [0.29, 0.717) is 6.04 Å². The first-order chi connectivity index (χ1) is 9.10. The van der Waals surface area contributed by atoms with Crippen LogP contribution in [0.15, 0.2) is 23.1 Å². The first-order valence-electron chi connectivity index (χ1n) is 6.73. The molecule has 0 heterocycles. The second-order valence-corrected chi connectivity index (χ2v) is 6.84. The van der Waals surface area contributed by atoms with Crippen LogP contribution in [-0.2, 0) is 0 Å². The zero-order valence-corrected chi connectivity index (χ0v) is 13.2. The lowest BCUT2D eigenvalue weighted by molar-refractivity contribution is 0.0927. The lowest BCUT2D eigenvalue weighted by atomic mass is 9.94. The van der Waals surface area contributed by atoms with Gasteiger partial charge in [0.1, 0.15) is 0 Å². The minimum atomic E-state index is 0.0426. The summed E-state index contributed by atoms with van der Waals surface area (Å²) >= 11 is 6.25. The molecule has 0 unspecified atom stereocenters. The van der Waals surface area contributed by atoms with Crippen molar-refractivity contribution in [3.05, 3.63) is 29.3 Å². The van der Waals surface area contributed by atoms with Gasteiger partial charge in [0.05, 0.1) is 0 Å². The Morgan fingerprint density at radius 2 is 2.00 bits per heavy atom. The number of benzene rings is 1. The van der Waals surface area contributed by atoms with Crippen molar-refractivity contribution < 1.29 is 4.79 Å². The highest BCUT2D eigenvalue weighted by Crippen LogP contribution is 2.27. The Hall–Kier alpha value is -0.610. The fourth-order valence-corrected chi connectivity index (χ4v) is 3.51. The molecule has 2 nitrogen and oxygen atoms in total. The van der Waals surface area contributed by atoms with Crippen LogP contribution in [0.5, 0.6) is 0 Å². The standard InChI is InChI=1S/C15H21NOS2/c1-10-3-6-12(18)9-14(10)15(17)16-11-4-7-13(19-2)8-5-11/h3,6,9,11,13,18H,4-5,7-8H2,1-2H3,(H,16,17). The van der Waals surface area contributed by atoms with Crippen LogP contribution in [0.3, 0.4) is 0 Å². The molecule has 1 aromatic carbocycles. The number of nitrogens with one attached hydrogen (secondary N) is 1. The van der Waals surface area contributed by atoms with Crippen molar-refractivity contribution in [1.29, 1.82) is 0 Å².